The molecule has 8 nitrogen and oxygen atoms in total. The number of hydrogen-bond acceptors (Lipinski definition) is 6. The Hall–Kier alpha value is -2.24. The lowest BCUT2D eigenvalue weighted by Crippen LogP contribution is -2.16. The average Bonchev–Trinajstić information content (AvgIpc) is 2.78. The van der Waals surface area contributed by atoms with Gasteiger partial charge in [-0.1, -0.05) is 11.6 Å². The molecule has 28 heavy (non-hydrogen) atoms. The highest BCUT2D eigenvalue weighted by Crippen LogP contribution is 2.38. The molecule has 1 heterocycles. The summed E-state index contributed by atoms with van der Waals surface area (Å²) in [7, 11) is -7.98. The minimum absolute atomic E-state index is 0.0105. The molecule has 0 aromatic heterocycles. The van der Waals surface area contributed by atoms with Gasteiger partial charge in [0, 0.05) is 18.6 Å². The highest BCUT2D eigenvalue weighted by molar-refractivity contribution is 7.92. The number of ether oxygens (including phenoxy) is 2. The van der Waals surface area contributed by atoms with Gasteiger partial charge in [0.15, 0.2) is 11.5 Å². The zero-order valence-corrected chi connectivity index (χ0v) is 16.9. The van der Waals surface area contributed by atoms with Gasteiger partial charge >= 0.3 is 0 Å². The quantitative estimate of drug-likeness (QED) is 0.724. The zero-order chi connectivity index (χ0) is 20.5. The maximum Gasteiger partial charge on any atom is 0.264 e. The third-order valence-corrected chi connectivity index (χ3v) is 5.92. The molecule has 0 fully saturated rings. The van der Waals surface area contributed by atoms with Crippen molar-refractivity contribution in [1.29, 1.82) is 0 Å². The molecule has 12 heteroatoms. The molecule has 0 unspecified atom stereocenters. The lowest BCUT2D eigenvalue weighted by Gasteiger charge is -2.14. The molecule has 0 radical (unpaired) electrons. The number of nitrogens with one attached hydrogen (secondary N) is 2. The number of rotatable bonds is 5. The van der Waals surface area contributed by atoms with Crippen LogP contribution in [-0.2, 0) is 20.0 Å². The van der Waals surface area contributed by atoms with Gasteiger partial charge in [-0.2, -0.15) is 0 Å². The predicted octanol–water partition coefficient (Wildman–Crippen LogP) is 2.81. The van der Waals surface area contributed by atoms with Crippen LogP contribution in [0.4, 0.5) is 15.8 Å². The van der Waals surface area contributed by atoms with Crippen molar-refractivity contribution >= 4 is 43.0 Å². The van der Waals surface area contributed by atoms with Crippen LogP contribution in [0.2, 0.25) is 5.02 Å². The van der Waals surface area contributed by atoms with E-state index in [1.807, 2.05) is 0 Å². The summed E-state index contributed by atoms with van der Waals surface area (Å²) in [6, 6.07) is 5.62. The molecule has 2 aromatic carbocycles. The SMILES string of the molecule is CS(=O)(=O)Nc1ccc(S(=O)(=O)Nc2cc3c(cc2Cl)OCCCO3)c(F)c1. The van der Waals surface area contributed by atoms with Crippen LogP contribution in [0.25, 0.3) is 0 Å². The Bertz CT molecular complexity index is 1120. The van der Waals surface area contributed by atoms with E-state index in [-0.39, 0.29) is 16.4 Å². The lowest BCUT2D eigenvalue weighted by molar-refractivity contribution is 0.297. The molecule has 0 aliphatic carbocycles. The largest absolute Gasteiger partial charge is 0.490 e. The maximum atomic E-state index is 14.3. The van der Waals surface area contributed by atoms with Crippen LogP contribution in [0.5, 0.6) is 11.5 Å². The smallest absolute Gasteiger partial charge is 0.264 e. The monoisotopic (exact) mass is 450 g/mol. The van der Waals surface area contributed by atoms with Gasteiger partial charge in [0.2, 0.25) is 10.0 Å². The fraction of sp³-hybridized carbons (Fsp3) is 0.250. The number of anilines is 2. The third-order valence-electron chi connectivity index (χ3n) is 3.61. The van der Waals surface area contributed by atoms with Crippen molar-refractivity contribution in [2.24, 2.45) is 0 Å². The second-order valence-electron chi connectivity index (χ2n) is 5.95. The van der Waals surface area contributed by atoms with E-state index in [9.17, 15) is 21.2 Å². The Kier molecular flexibility index (Phi) is 5.60. The minimum Gasteiger partial charge on any atom is -0.490 e. The summed E-state index contributed by atoms with van der Waals surface area (Å²) in [6.45, 7) is 0.831. The van der Waals surface area contributed by atoms with Crippen LogP contribution in [0.15, 0.2) is 35.2 Å². The summed E-state index contributed by atoms with van der Waals surface area (Å²) in [6.07, 6.45) is 1.55. The van der Waals surface area contributed by atoms with Gasteiger partial charge in [-0.25, -0.2) is 21.2 Å². The Balaban J connectivity index is 1.91. The van der Waals surface area contributed by atoms with Gasteiger partial charge in [0.1, 0.15) is 10.7 Å². The Morgan fingerprint density at radius 3 is 2.25 bits per heavy atom. The van der Waals surface area contributed by atoms with Crippen molar-refractivity contribution in [3.8, 4) is 11.5 Å². The molecule has 1 aliphatic heterocycles. The first-order valence-corrected chi connectivity index (χ1v) is 11.7. The van der Waals surface area contributed by atoms with E-state index in [1.54, 1.807) is 0 Å². The normalized spacial score (nSPS) is 14.2. The van der Waals surface area contributed by atoms with Crippen LogP contribution >= 0.6 is 11.6 Å². The highest BCUT2D eigenvalue weighted by Gasteiger charge is 2.23. The number of halogens is 2. The van der Waals surface area contributed by atoms with E-state index < -0.39 is 30.8 Å². The van der Waals surface area contributed by atoms with E-state index >= 15 is 0 Å². The number of benzene rings is 2. The summed E-state index contributed by atoms with van der Waals surface area (Å²) in [5.74, 6) is -0.438. The molecule has 2 aromatic rings. The first kappa shape index (κ1) is 20.5. The van der Waals surface area contributed by atoms with Crippen molar-refractivity contribution in [1.82, 2.24) is 0 Å². The topological polar surface area (TPSA) is 111 Å². The Morgan fingerprint density at radius 1 is 1.00 bits per heavy atom. The van der Waals surface area contributed by atoms with Gasteiger partial charge < -0.3 is 9.47 Å². The molecule has 2 N–H and O–H groups in total. The van der Waals surface area contributed by atoms with Crippen molar-refractivity contribution < 1.29 is 30.7 Å². The van der Waals surface area contributed by atoms with E-state index in [4.69, 9.17) is 21.1 Å². The second kappa shape index (κ2) is 7.64. The van der Waals surface area contributed by atoms with Crippen molar-refractivity contribution in [3.63, 3.8) is 0 Å². The molecule has 1 aliphatic rings. The second-order valence-corrected chi connectivity index (χ2v) is 9.76. The molecule has 0 saturated heterocycles. The maximum absolute atomic E-state index is 14.3. The molecule has 0 atom stereocenters. The van der Waals surface area contributed by atoms with Gasteiger partial charge in [-0.05, 0) is 18.2 Å². The first-order valence-electron chi connectivity index (χ1n) is 7.94. The third kappa shape index (κ3) is 4.78. The number of fused-ring (bicyclic) bond motifs is 1. The van der Waals surface area contributed by atoms with Crippen molar-refractivity contribution in [2.45, 2.75) is 11.3 Å². The van der Waals surface area contributed by atoms with Crippen LogP contribution < -0.4 is 18.9 Å². The van der Waals surface area contributed by atoms with Crippen LogP contribution in [0.1, 0.15) is 6.42 Å². The molecule has 0 saturated carbocycles. The fourth-order valence-corrected chi connectivity index (χ4v) is 4.40. The predicted molar refractivity (Wildman–Crippen MR) is 103 cm³/mol. The molecule has 0 bridgehead atoms. The van der Waals surface area contributed by atoms with Crippen LogP contribution in [0.3, 0.4) is 0 Å². The summed E-state index contributed by atoms with van der Waals surface area (Å²) >= 11 is 6.11. The van der Waals surface area contributed by atoms with Crippen molar-refractivity contribution in [2.75, 3.05) is 28.9 Å². The van der Waals surface area contributed by atoms with Gasteiger partial charge in [0.25, 0.3) is 10.0 Å². The average molecular weight is 451 g/mol. The van der Waals surface area contributed by atoms with E-state index in [0.29, 0.717) is 31.1 Å². The Morgan fingerprint density at radius 2 is 1.64 bits per heavy atom. The summed E-state index contributed by atoms with van der Waals surface area (Å²) in [4.78, 5) is -0.672. The molecular weight excluding hydrogens is 435 g/mol. The number of hydrogen-bond donors (Lipinski definition) is 2. The van der Waals surface area contributed by atoms with Gasteiger partial charge in [-0.3, -0.25) is 9.44 Å². The van der Waals surface area contributed by atoms with E-state index in [0.717, 1.165) is 24.5 Å². The minimum atomic E-state index is -4.35. The van der Waals surface area contributed by atoms with E-state index in [2.05, 4.69) is 9.44 Å². The molecule has 0 spiro atoms. The highest BCUT2D eigenvalue weighted by atomic mass is 35.5. The van der Waals surface area contributed by atoms with E-state index in [1.165, 1.54) is 12.1 Å². The molecule has 3 rings (SSSR count). The first-order chi connectivity index (χ1) is 13.0. The van der Waals surface area contributed by atoms with Crippen LogP contribution in [0, 0.1) is 5.82 Å². The standard InChI is InChI=1S/C16H16ClFN2O6S2/c1-27(21,22)19-10-3-4-16(12(18)7-10)28(23,24)20-13-9-15-14(8-11(13)17)25-5-2-6-26-15/h3-4,7-9,19-20H,2,5-6H2,1H3. The molecular formula is C16H16ClFN2O6S2. The van der Waals surface area contributed by atoms with Crippen molar-refractivity contribution in [3.05, 3.63) is 41.2 Å². The summed E-state index contributed by atoms with van der Waals surface area (Å²) in [5, 5.41) is 0.0450. The van der Waals surface area contributed by atoms with Gasteiger partial charge in [0.05, 0.1) is 35.9 Å². The zero-order valence-electron chi connectivity index (χ0n) is 14.5. The lowest BCUT2D eigenvalue weighted by atomic mass is 10.3. The Labute approximate surface area is 166 Å². The van der Waals surface area contributed by atoms with Gasteiger partial charge in [-0.15, -0.1) is 0 Å². The molecule has 152 valence electrons. The summed E-state index contributed by atoms with van der Waals surface area (Å²) in [5.41, 5.74) is -0.115. The number of sulfonamides is 2. The summed E-state index contributed by atoms with van der Waals surface area (Å²) < 4.78 is 77.2. The molecule has 0 amide bonds. The fourth-order valence-electron chi connectivity index (χ4n) is 2.46. The van der Waals surface area contributed by atoms with Crippen LogP contribution in [-0.4, -0.2) is 36.3 Å².